The van der Waals surface area contributed by atoms with Gasteiger partial charge in [-0.15, -0.1) is 10.2 Å². The van der Waals surface area contributed by atoms with Gasteiger partial charge in [0.05, 0.1) is 38.0 Å². The van der Waals surface area contributed by atoms with Crippen molar-refractivity contribution in [2.75, 3.05) is 10.6 Å². The first kappa shape index (κ1) is 38.1. The Morgan fingerprint density at radius 1 is 0.667 bits per heavy atom. The summed E-state index contributed by atoms with van der Waals surface area (Å²) in [6.07, 6.45) is 9.21. The van der Waals surface area contributed by atoms with Crippen LogP contribution in [0.3, 0.4) is 0 Å². The number of benzene rings is 4. The van der Waals surface area contributed by atoms with Crippen LogP contribution in [0.25, 0.3) is 44.3 Å². The third-order valence-corrected chi connectivity index (χ3v) is 12.4. The molecule has 0 saturated heterocycles. The number of fused-ring (bicyclic) bond motifs is 8. The highest BCUT2D eigenvalue weighted by molar-refractivity contribution is 9.10. The van der Waals surface area contributed by atoms with E-state index in [1.807, 2.05) is 46.0 Å². The Kier molecular flexibility index (Phi) is 8.72. The van der Waals surface area contributed by atoms with Crippen molar-refractivity contribution in [1.29, 1.82) is 0 Å². The second-order valence-electron chi connectivity index (χ2n) is 16.9. The number of nitrogens with one attached hydrogen (secondary N) is 4. The fourth-order valence-electron chi connectivity index (χ4n) is 8.46. The first-order chi connectivity index (χ1) is 28.7. The zero-order valence-electron chi connectivity index (χ0n) is 33.2. The largest absolute Gasteiger partial charge is 0.371 e. The molecule has 0 atom stereocenters. The number of H-pyrrole nitrogens is 2. The fraction of sp³-hybridized carbons (Fsp3) is 0.302. The van der Waals surface area contributed by atoms with Crippen LogP contribution in [0, 0.1) is 30.2 Å². The summed E-state index contributed by atoms with van der Waals surface area (Å²) in [7, 11) is 0. The van der Waals surface area contributed by atoms with Gasteiger partial charge in [-0.1, -0.05) is 36.4 Å². The molecule has 0 bridgehead atoms. The smallest absolute Gasteiger partial charge is 0.181 e. The van der Waals surface area contributed by atoms with Crippen LogP contribution >= 0.6 is 15.9 Å². The van der Waals surface area contributed by atoms with Crippen LogP contribution in [0.5, 0.6) is 0 Å². The minimum Gasteiger partial charge on any atom is -0.371 e. The van der Waals surface area contributed by atoms with Gasteiger partial charge in [-0.2, -0.15) is 9.36 Å². The molecule has 4 aromatic heterocycles. The standard InChI is InChI=1S/C21H18F2N6.C12H13N.C10H8BrF2N5/c1-21(2)20-26-27-28-29(20)19-15(25-21)8-14(22)16(17(19)23)12-5-3-4-11-13(10-6-7-10)9-24-18(11)12;1-8-3-2-4-10-11(9-5-6-9)7-13-12(8)10;1-10(2)9-15-16-17-18(9)8-5(14-10)3-4(12)6(11)7(8)13/h3-5,8-10,24-25H,6-7H2,1-2H3;2-4,7,9,13H,5-6H2,1H3;3,14H,1-2H3. The highest BCUT2D eigenvalue weighted by Crippen LogP contribution is 2.47. The summed E-state index contributed by atoms with van der Waals surface area (Å²) in [6.45, 7) is 9.54. The Hall–Kier alpha value is -6.10. The van der Waals surface area contributed by atoms with Crippen molar-refractivity contribution in [3.8, 4) is 22.5 Å². The number of aromatic amines is 2. The molecule has 2 aliphatic carbocycles. The summed E-state index contributed by atoms with van der Waals surface area (Å²) in [5, 5.41) is 31.5. The van der Waals surface area contributed by atoms with Crippen LogP contribution in [-0.2, 0) is 11.1 Å². The molecule has 2 fully saturated rings. The number of tetrazole rings is 2. The molecule has 0 spiro atoms. The Morgan fingerprint density at radius 2 is 1.17 bits per heavy atom. The molecule has 4 aromatic carbocycles. The fourth-order valence-corrected chi connectivity index (χ4v) is 8.76. The summed E-state index contributed by atoms with van der Waals surface area (Å²) >= 11 is 2.87. The van der Waals surface area contributed by atoms with E-state index in [0.717, 1.165) is 29.7 Å². The molecule has 2 saturated carbocycles. The lowest BCUT2D eigenvalue weighted by molar-refractivity contribution is 0.502. The summed E-state index contributed by atoms with van der Waals surface area (Å²) < 4.78 is 61.1. The summed E-state index contributed by atoms with van der Waals surface area (Å²) in [6, 6.07) is 14.7. The van der Waals surface area contributed by atoms with Crippen molar-refractivity contribution >= 4 is 49.1 Å². The van der Waals surface area contributed by atoms with Gasteiger partial charge in [0.2, 0.25) is 0 Å². The van der Waals surface area contributed by atoms with Crippen molar-refractivity contribution in [1.82, 2.24) is 50.4 Å². The molecule has 4 N–H and O–H groups in total. The number of halogens is 5. The predicted octanol–water partition coefficient (Wildman–Crippen LogP) is 10.3. The number of hydrogen-bond donors (Lipinski definition) is 4. The predicted molar refractivity (Wildman–Crippen MR) is 223 cm³/mol. The number of aromatic nitrogens is 10. The van der Waals surface area contributed by atoms with Gasteiger partial charge < -0.3 is 20.6 Å². The average molecular weight is 880 g/mol. The van der Waals surface area contributed by atoms with Gasteiger partial charge in [0.15, 0.2) is 23.3 Å². The number of anilines is 2. The van der Waals surface area contributed by atoms with E-state index in [1.54, 1.807) is 6.07 Å². The van der Waals surface area contributed by atoms with Gasteiger partial charge in [0.1, 0.15) is 23.0 Å². The maximum absolute atomic E-state index is 15.8. The quantitative estimate of drug-likeness (QED) is 0.102. The highest BCUT2D eigenvalue weighted by atomic mass is 79.9. The molecule has 0 radical (unpaired) electrons. The molecule has 12 nitrogen and oxygen atoms in total. The molecule has 6 heterocycles. The van der Waals surface area contributed by atoms with E-state index < -0.39 is 34.3 Å². The molecule has 8 aromatic rings. The van der Waals surface area contributed by atoms with Crippen LogP contribution in [0.15, 0.2) is 65.4 Å². The number of aryl methyl sites for hydroxylation is 1. The molecule has 0 amide bonds. The van der Waals surface area contributed by atoms with E-state index in [9.17, 15) is 8.78 Å². The highest BCUT2D eigenvalue weighted by Gasteiger charge is 2.39. The lowest BCUT2D eigenvalue weighted by atomic mass is 9.95. The maximum Gasteiger partial charge on any atom is 0.181 e. The molecule has 0 unspecified atom stereocenters. The summed E-state index contributed by atoms with van der Waals surface area (Å²) in [4.78, 5) is 6.62. The van der Waals surface area contributed by atoms with Gasteiger partial charge in [-0.3, -0.25) is 0 Å². The minimum absolute atomic E-state index is 0.0819. The number of rotatable bonds is 3. The Balaban J connectivity index is 0.000000119. The zero-order valence-corrected chi connectivity index (χ0v) is 34.8. The number of nitrogens with zero attached hydrogens (tertiary/aromatic N) is 8. The third-order valence-electron chi connectivity index (χ3n) is 11.7. The molecule has 12 rings (SSSR count). The summed E-state index contributed by atoms with van der Waals surface area (Å²) in [5.41, 5.74) is 6.19. The van der Waals surface area contributed by atoms with E-state index in [-0.39, 0.29) is 21.4 Å². The maximum atomic E-state index is 15.8. The molecule has 4 aliphatic rings. The van der Waals surface area contributed by atoms with Crippen LogP contribution < -0.4 is 10.6 Å². The zero-order chi connectivity index (χ0) is 41.8. The van der Waals surface area contributed by atoms with E-state index in [4.69, 9.17) is 0 Å². The molecule has 17 heteroatoms. The van der Waals surface area contributed by atoms with Crippen molar-refractivity contribution in [2.24, 2.45) is 0 Å². The molecule has 306 valence electrons. The van der Waals surface area contributed by atoms with Crippen molar-refractivity contribution in [2.45, 2.75) is 83.2 Å². The number of hydrogen-bond acceptors (Lipinski definition) is 8. The molecule has 60 heavy (non-hydrogen) atoms. The molecular weight excluding hydrogens is 840 g/mol. The topological polar surface area (TPSA) is 143 Å². The average Bonchev–Trinajstić information content (AvgIpc) is 3.95. The van der Waals surface area contributed by atoms with Crippen molar-refractivity contribution in [3.05, 3.63) is 117 Å². The molecule has 2 aliphatic heterocycles. The van der Waals surface area contributed by atoms with Gasteiger partial charge in [-0.25, -0.2) is 17.6 Å². The second-order valence-corrected chi connectivity index (χ2v) is 17.7. The van der Waals surface area contributed by atoms with E-state index in [2.05, 4.69) is 98.9 Å². The Bertz CT molecular complexity index is 3010. The van der Waals surface area contributed by atoms with E-state index in [0.29, 0.717) is 34.5 Å². The van der Waals surface area contributed by atoms with Crippen LogP contribution in [0.2, 0.25) is 0 Å². The van der Waals surface area contributed by atoms with Crippen LogP contribution in [0.1, 0.15) is 93.6 Å². The monoisotopic (exact) mass is 878 g/mol. The lowest BCUT2D eigenvalue weighted by Crippen LogP contribution is -2.36. The van der Waals surface area contributed by atoms with E-state index >= 15 is 8.78 Å². The third kappa shape index (κ3) is 6.15. The Morgan fingerprint density at radius 3 is 1.73 bits per heavy atom. The first-order valence-corrected chi connectivity index (χ1v) is 20.5. The summed E-state index contributed by atoms with van der Waals surface area (Å²) in [5.74, 6) is -0.415. The normalized spacial score (nSPS) is 16.6. The second kappa shape index (κ2) is 13.7. The van der Waals surface area contributed by atoms with Crippen LogP contribution in [0.4, 0.5) is 28.9 Å². The van der Waals surface area contributed by atoms with Gasteiger partial charge in [0, 0.05) is 46.4 Å². The Labute approximate surface area is 349 Å². The SMILES string of the molecule is CC1(C)Nc2cc(F)c(-c3cccc4c(C5CC5)c[nH]c34)c(F)c2-n2nnnc21.CC1(C)Nc2cc(F)c(Br)c(F)c2-n2nnnc21.Cc1cccc2c(C3CC3)c[nH]c12. The molecular formula is C43H39BrF4N12. The van der Waals surface area contributed by atoms with Crippen molar-refractivity contribution < 1.29 is 17.6 Å². The number of para-hydroxylation sites is 2. The first-order valence-electron chi connectivity index (χ1n) is 19.7. The van der Waals surface area contributed by atoms with Gasteiger partial charge in [0.25, 0.3) is 0 Å². The minimum atomic E-state index is -0.735. The van der Waals surface area contributed by atoms with Crippen LogP contribution in [-0.4, -0.2) is 50.4 Å². The van der Waals surface area contributed by atoms with Crippen molar-refractivity contribution in [3.63, 3.8) is 0 Å². The van der Waals surface area contributed by atoms with E-state index in [1.165, 1.54) is 61.9 Å². The van der Waals surface area contributed by atoms with Gasteiger partial charge in [-0.05, 0) is 126 Å². The lowest BCUT2D eigenvalue weighted by Gasteiger charge is -2.32. The van der Waals surface area contributed by atoms with Gasteiger partial charge >= 0.3 is 0 Å².